The highest BCUT2D eigenvalue weighted by molar-refractivity contribution is 5.96. The zero-order chi connectivity index (χ0) is 10.4. The number of amides is 1. The minimum Gasteiger partial charge on any atom is -0.469 e. The summed E-state index contributed by atoms with van der Waals surface area (Å²) in [5, 5.41) is 3.38. The molecule has 3 rings (SSSR count). The van der Waals surface area contributed by atoms with Gasteiger partial charge in [0.1, 0.15) is 5.76 Å². The van der Waals surface area contributed by atoms with E-state index in [2.05, 4.69) is 5.32 Å². The van der Waals surface area contributed by atoms with Crippen LogP contribution in [0.25, 0.3) is 0 Å². The summed E-state index contributed by atoms with van der Waals surface area (Å²) in [7, 11) is 0. The van der Waals surface area contributed by atoms with Crippen LogP contribution in [0.2, 0.25) is 0 Å². The number of carbonyl (C=O) groups excluding carboxylic acids is 1. The molecule has 1 aromatic rings. The molecular formula is C11H14N2O2. The standard InChI is InChI=1S/C11H14N2O2/c1-7-8(3-5-15-7)11(14)13-6-9-10(13)2-4-12-9/h3,5,9-10,12H,2,4,6H2,1H3. The van der Waals surface area contributed by atoms with Crippen LogP contribution in [-0.4, -0.2) is 36.0 Å². The van der Waals surface area contributed by atoms with Gasteiger partial charge in [-0.3, -0.25) is 4.79 Å². The number of nitrogens with zero attached hydrogens (tertiary/aromatic N) is 1. The molecule has 15 heavy (non-hydrogen) atoms. The Kier molecular flexibility index (Phi) is 1.85. The molecule has 4 nitrogen and oxygen atoms in total. The van der Waals surface area contributed by atoms with Crippen molar-refractivity contribution in [2.45, 2.75) is 25.4 Å². The molecule has 2 atom stereocenters. The molecule has 0 bridgehead atoms. The Morgan fingerprint density at radius 3 is 3.20 bits per heavy atom. The number of nitrogens with one attached hydrogen (secondary N) is 1. The van der Waals surface area contributed by atoms with E-state index in [1.54, 1.807) is 12.3 Å². The summed E-state index contributed by atoms with van der Waals surface area (Å²) in [6, 6.07) is 2.70. The van der Waals surface area contributed by atoms with E-state index < -0.39 is 0 Å². The van der Waals surface area contributed by atoms with Crippen molar-refractivity contribution in [1.82, 2.24) is 10.2 Å². The van der Waals surface area contributed by atoms with E-state index in [-0.39, 0.29) is 5.91 Å². The zero-order valence-corrected chi connectivity index (χ0v) is 8.69. The Hall–Kier alpha value is -1.29. The number of fused-ring (bicyclic) bond motifs is 1. The first-order valence-electron chi connectivity index (χ1n) is 5.36. The lowest BCUT2D eigenvalue weighted by Gasteiger charge is -2.43. The molecule has 80 valence electrons. The van der Waals surface area contributed by atoms with Gasteiger partial charge in [0.25, 0.3) is 5.91 Å². The topological polar surface area (TPSA) is 45.5 Å². The van der Waals surface area contributed by atoms with Gasteiger partial charge >= 0.3 is 0 Å². The fourth-order valence-electron chi connectivity index (χ4n) is 2.52. The molecule has 2 aliphatic rings. The lowest BCUT2D eigenvalue weighted by molar-refractivity contribution is 0.0409. The highest BCUT2D eigenvalue weighted by Crippen LogP contribution is 2.28. The number of furan rings is 1. The minimum atomic E-state index is 0.117. The number of aryl methyl sites for hydroxylation is 1. The van der Waals surface area contributed by atoms with Crippen molar-refractivity contribution in [2.24, 2.45) is 0 Å². The summed E-state index contributed by atoms with van der Waals surface area (Å²) in [5.41, 5.74) is 0.709. The van der Waals surface area contributed by atoms with Crippen LogP contribution in [0.1, 0.15) is 22.5 Å². The Balaban J connectivity index is 1.79. The quantitative estimate of drug-likeness (QED) is 0.738. The van der Waals surface area contributed by atoms with Crippen LogP contribution in [0.3, 0.4) is 0 Å². The molecule has 1 aromatic heterocycles. The summed E-state index contributed by atoms with van der Waals surface area (Å²) < 4.78 is 5.15. The fourth-order valence-corrected chi connectivity index (χ4v) is 2.52. The predicted octanol–water partition coefficient (Wildman–Crippen LogP) is 0.774. The maximum atomic E-state index is 12.1. The van der Waals surface area contributed by atoms with E-state index in [1.807, 2.05) is 11.8 Å². The first kappa shape index (κ1) is 8.97. The first-order valence-corrected chi connectivity index (χ1v) is 5.36. The largest absolute Gasteiger partial charge is 0.469 e. The van der Waals surface area contributed by atoms with E-state index in [9.17, 15) is 4.79 Å². The van der Waals surface area contributed by atoms with E-state index in [1.165, 1.54) is 0 Å². The number of rotatable bonds is 1. The molecule has 3 heterocycles. The smallest absolute Gasteiger partial charge is 0.257 e. The normalized spacial score (nSPS) is 28.7. The van der Waals surface area contributed by atoms with E-state index in [0.717, 1.165) is 25.3 Å². The maximum absolute atomic E-state index is 12.1. The van der Waals surface area contributed by atoms with Gasteiger partial charge in [0, 0.05) is 12.6 Å². The first-order chi connectivity index (χ1) is 7.27. The Morgan fingerprint density at radius 2 is 2.53 bits per heavy atom. The van der Waals surface area contributed by atoms with Crippen LogP contribution < -0.4 is 5.32 Å². The second-order valence-corrected chi connectivity index (χ2v) is 4.26. The Morgan fingerprint density at radius 1 is 1.67 bits per heavy atom. The number of likely N-dealkylation sites (tertiary alicyclic amines) is 1. The van der Waals surface area contributed by atoms with Crippen molar-refractivity contribution < 1.29 is 9.21 Å². The summed E-state index contributed by atoms with van der Waals surface area (Å²) in [5.74, 6) is 0.834. The van der Waals surface area contributed by atoms with Crippen LogP contribution in [0.5, 0.6) is 0 Å². The third kappa shape index (κ3) is 1.21. The molecule has 0 aliphatic carbocycles. The highest BCUT2D eigenvalue weighted by Gasteiger charge is 2.45. The molecule has 2 unspecified atom stereocenters. The molecule has 2 saturated heterocycles. The lowest BCUT2D eigenvalue weighted by atomic mass is 9.96. The molecule has 0 saturated carbocycles. The summed E-state index contributed by atoms with van der Waals surface area (Å²) in [6.45, 7) is 3.70. The molecule has 1 N–H and O–H groups in total. The van der Waals surface area contributed by atoms with Gasteiger partial charge in [-0.1, -0.05) is 0 Å². The number of hydrogen-bond donors (Lipinski definition) is 1. The van der Waals surface area contributed by atoms with Gasteiger partial charge in [0.15, 0.2) is 0 Å². The minimum absolute atomic E-state index is 0.117. The molecule has 0 spiro atoms. The molecule has 0 aromatic carbocycles. The highest BCUT2D eigenvalue weighted by atomic mass is 16.3. The second kappa shape index (κ2) is 3.10. The van der Waals surface area contributed by atoms with Crippen molar-refractivity contribution >= 4 is 5.91 Å². The van der Waals surface area contributed by atoms with Gasteiger partial charge in [-0.2, -0.15) is 0 Å². The van der Waals surface area contributed by atoms with Crippen molar-refractivity contribution in [3.8, 4) is 0 Å². The van der Waals surface area contributed by atoms with Crippen LogP contribution in [0.15, 0.2) is 16.7 Å². The zero-order valence-electron chi connectivity index (χ0n) is 8.69. The second-order valence-electron chi connectivity index (χ2n) is 4.26. The maximum Gasteiger partial charge on any atom is 0.257 e. The summed E-state index contributed by atoms with van der Waals surface area (Å²) in [6.07, 6.45) is 2.65. The Labute approximate surface area is 88.2 Å². The molecule has 1 amide bonds. The molecule has 4 heteroatoms. The van der Waals surface area contributed by atoms with Crippen molar-refractivity contribution in [3.63, 3.8) is 0 Å². The third-order valence-corrected chi connectivity index (χ3v) is 3.45. The van der Waals surface area contributed by atoms with Gasteiger partial charge in [-0.15, -0.1) is 0 Å². The predicted molar refractivity (Wildman–Crippen MR) is 54.7 cm³/mol. The van der Waals surface area contributed by atoms with Gasteiger partial charge in [-0.05, 0) is 26.0 Å². The van der Waals surface area contributed by atoms with E-state index in [0.29, 0.717) is 17.6 Å². The van der Waals surface area contributed by atoms with Crippen LogP contribution in [0.4, 0.5) is 0 Å². The molecule has 2 aliphatic heterocycles. The third-order valence-electron chi connectivity index (χ3n) is 3.45. The molecule has 0 radical (unpaired) electrons. The summed E-state index contributed by atoms with van der Waals surface area (Å²) in [4.78, 5) is 14.0. The number of hydrogen-bond acceptors (Lipinski definition) is 3. The SMILES string of the molecule is Cc1occc1C(=O)N1CC2NCCC21. The number of carbonyl (C=O) groups is 1. The van der Waals surface area contributed by atoms with Gasteiger partial charge in [0.2, 0.25) is 0 Å². The molecule has 2 fully saturated rings. The van der Waals surface area contributed by atoms with Crippen LogP contribution >= 0.6 is 0 Å². The van der Waals surface area contributed by atoms with Crippen molar-refractivity contribution in [2.75, 3.05) is 13.1 Å². The lowest BCUT2D eigenvalue weighted by Crippen LogP contribution is -2.62. The van der Waals surface area contributed by atoms with Gasteiger partial charge in [-0.25, -0.2) is 0 Å². The van der Waals surface area contributed by atoms with Crippen molar-refractivity contribution in [1.29, 1.82) is 0 Å². The van der Waals surface area contributed by atoms with E-state index in [4.69, 9.17) is 4.42 Å². The summed E-state index contributed by atoms with van der Waals surface area (Å²) >= 11 is 0. The van der Waals surface area contributed by atoms with Gasteiger partial charge in [0.05, 0.1) is 17.9 Å². The van der Waals surface area contributed by atoms with Gasteiger partial charge < -0.3 is 14.6 Å². The van der Waals surface area contributed by atoms with Crippen LogP contribution in [-0.2, 0) is 0 Å². The average molecular weight is 206 g/mol. The monoisotopic (exact) mass is 206 g/mol. The van der Waals surface area contributed by atoms with Crippen LogP contribution in [0, 0.1) is 6.92 Å². The van der Waals surface area contributed by atoms with E-state index >= 15 is 0 Å². The average Bonchev–Trinajstić information content (AvgIpc) is 2.74. The fraction of sp³-hybridized carbons (Fsp3) is 0.545. The molecular weight excluding hydrogens is 192 g/mol. The van der Waals surface area contributed by atoms with Crippen molar-refractivity contribution in [3.05, 3.63) is 23.7 Å². The Bertz CT molecular complexity index is 399.